The molecule has 18 heavy (non-hydrogen) atoms. The average molecular weight is 239 g/mol. The van der Waals surface area contributed by atoms with Crippen LogP contribution < -0.4 is 0 Å². The smallest absolute Gasteiger partial charge is 0.103 e. The Morgan fingerprint density at radius 2 is 2.00 bits per heavy atom. The number of hydrogen-bond donors (Lipinski definition) is 0. The second kappa shape index (κ2) is 4.66. The van der Waals surface area contributed by atoms with Crippen molar-refractivity contribution in [3.63, 3.8) is 0 Å². The fourth-order valence-electron chi connectivity index (χ4n) is 2.23. The zero-order valence-corrected chi connectivity index (χ0v) is 11.2. The molecule has 3 heteroatoms. The summed E-state index contributed by atoms with van der Waals surface area (Å²) in [7, 11) is 0. The number of rotatable bonds is 2. The highest BCUT2D eigenvalue weighted by Crippen LogP contribution is 2.24. The van der Waals surface area contributed by atoms with E-state index >= 15 is 0 Å². The molecule has 0 N–H and O–H groups in total. The van der Waals surface area contributed by atoms with Gasteiger partial charge in [0.05, 0.1) is 23.1 Å². The Kier molecular flexibility index (Phi) is 3.20. The molecule has 2 rings (SSSR count). The van der Waals surface area contributed by atoms with Crippen molar-refractivity contribution in [2.45, 2.75) is 33.6 Å². The summed E-state index contributed by atoms with van der Waals surface area (Å²) in [6.45, 7) is 8.31. The molecule has 0 bridgehead atoms. The quantitative estimate of drug-likeness (QED) is 0.805. The van der Waals surface area contributed by atoms with Crippen LogP contribution in [0.2, 0.25) is 0 Å². The van der Waals surface area contributed by atoms with E-state index in [9.17, 15) is 0 Å². The van der Waals surface area contributed by atoms with Gasteiger partial charge in [0.15, 0.2) is 0 Å². The molecule has 1 aromatic heterocycles. The normalized spacial score (nSPS) is 10.7. The summed E-state index contributed by atoms with van der Waals surface area (Å²) in [5.74, 6) is 0.267. The van der Waals surface area contributed by atoms with Gasteiger partial charge in [0.2, 0.25) is 0 Å². The molecule has 92 valence electrons. The van der Waals surface area contributed by atoms with Crippen LogP contribution in [0, 0.1) is 25.2 Å². The molecule has 0 aliphatic rings. The fourth-order valence-corrected chi connectivity index (χ4v) is 2.23. The van der Waals surface area contributed by atoms with Gasteiger partial charge in [-0.1, -0.05) is 31.5 Å². The summed E-state index contributed by atoms with van der Waals surface area (Å²) in [5.41, 5.74) is 5.08. The first kappa shape index (κ1) is 12.4. The monoisotopic (exact) mass is 239 g/mol. The van der Waals surface area contributed by atoms with E-state index in [0.29, 0.717) is 5.56 Å². The number of aromatic nitrogens is 2. The van der Waals surface area contributed by atoms with E-state index in [1.807, 2.05) is 4.68 Å². The summed E-state index contributed by atoms with van der Waals surface area (Å²) in [6.07, 6.45) is 1.65. The summed E-state index contributed by atoms with van der Waals surface area (Å²) in [5, 5.41) is 13.5. The minimum absolute atomic E-state index is 0.267. The maximum atomic E-state index is 9.14. The van der Waals surface area contributed by atoms with Crippen molar-refractivity contribution in [1.82, 2.24) is 9.78 Å². The van der Waals surface area contributed by atoms with Gasteiger partial charge in [-0.3, -0.25) is 0 Å². The predicted molar refractivity (Wildman–Crippen MR) is 71.8 cm³/mol. The molecule has 2 aromatic rings. The molecule has 0 atom stereocenters. The van der Waals surface area contributed by atoms with E-state index in [1.54, 1.807) is 6.20 Å². The Balaban J connectivity index is 2.65. The minimum atomic E-state index is 0.267. The summed E-state index contributed by atoms with van der Waals surface area (Å²) < 4.78 is 1.89. The number of nitrogens with zero attached hydrogens (tertiary/aromatic N) is 3. The Hall–Kier alpha value is -2.08. The largest absolute Gasteiger partial charge is 0.236 e. The predicted octanol–water partition coefficient (Wildman–Crippen LogP) is 3.48. The summed E-state index contributed by atoms with van der Waals surface area (Å²) in [4.78, 5) is 0. The van der Waals surface area contributed by atoms with Gasteiger partial charge in [0.1, 0.15) is 6.07 Å². The van der Waals surface area contributed by atoms with Crippen LogP contribution in [0.3, 0.4) is 0 Å². The third-order valence-corrected chi connectivity index (χ3v) is 3.05. The van der Waals surface area contributed by atoms with Crippen LogP contribution in [0.4, 0.5) is 0 Å². The molecule has 0 amide bonds. The maximum Gasteiger partial charge on any atom is 0.103 e. The summed E-state index contributed by atoms with van der Waals surface area (Å²) in [6, 6.07) is 8.48. The Bertz CT molecular complexity index is 615. The molecule has 0 radical (unpaired) electrons. The molecular weight excluding hydrogens is 222 g/mol. The van der Waals surface area contributed by atoms with Crippen molar-refractivity contribution in [2.75, 3.05) is 0 Å². The van der Waals surface area contributed by atoms with Crippen LogP contribution >= 0.6 is 0 Å². The van der Waals surface area contributed by atoms with E-state index in [2.05, 4.69) is 57.1 Å². The van der Waals surface area contributed by atoms with Crippen LogP contribution in [-0.2, 0) is 0 Å². The van der Waals surface area contributed by atoms with Gasteiger partial charge in [0, 0.05) is 0 Å². The molecule has 0 fully saturated rings. The van der Waals surface area contributed by atoms with Crippen molar-refractivity contribution in [1.29, 1.82) is 5.26 Å². The highest BCUT2D eigenvalue weighted by Gasteiger charge is 2.16. The lowest BCUT2D eigenvalue weighted by Crippen LogP contribution is -2.06. The van der Waals surface area contributed by atoms with E-state index in [1.165, 1.54) is 11.1 Å². The van der Waals surface area contributed by atoms with E-state index in [0.717, 1.165) is 11.4 Å². The number of benzene rings is 1. The standard InChI is InChI=1S/C15H17N3/c1-10(2)15-13(8-16)9-17-18(15)14-6-5-11(3)7-12(14)4/h5-7,9-10H,1-4H3. The molecule has 0 saturated heterocycles. The first-order valence-electron chi connectivity index (χ1n) is 6.10. The van der Waals surface area contributed by atoms with Gasteiger partial charge in [-0.05, 0) is 31.4 Å². The number of aryl methyl sites for hydroxylation is 2. The molecule has 1 heterocycles. The van der Waals surface area contributed by atoms with Gasteiger partial charge in [-0.25, -0.2) is 4.68 Å². The maximum absolute atomic E-state index is 9.14. The first-order chi connectivity index (χ1) is 8.54. The minimum Gasteiger partial charge on any atom is -0.236 e. The Morgan fingerprint density at radius 1 is 1.28 bits per heavy atom. The lowest BCUT2D eigenvalue weighted by molar-refractivity contribution is 0.730. The van der Waals surface area contributed by atoms with Crippen LogP contribution in [0.5, 0.6) is 0 Å². The van der Waals surface area contributed by atoms with Gasteiger partial charge >= 0.3 is 0 Å². The molecule has 0 unspecified atom stereocenters. The molecule has 0 aliphatic carbocycles. The van der Waals surface area contributed by atoms with E-state index < -0.39 is 0 Å². The molecule has 3 nitrogen and oxygen atoms in total. The summed E-state index contributed by atoms with van der Waals surface area (Å²) >= 11 is 0. The van der Waals surface area contributed by atoms with Gasteiger partial charge in [-0.2, -0.15) is 10.4 Å². The van der Waals surface area contributed by atoms with Gasteiger partial charge in [-0.15, -0.1) is 0 Å². The Labute approximate surface area is 108 Å². The van der Waals surface area contributed by atoms with Crippen LogP contribution in [0.15, 0.2) is 24.4 Å². The van der Waals surface area contributed by atoms with Crippen LogP contribution in [0.25, 0.3) is 5.69 Å². The van der Waals surface area contributed by atoms with Crippen molar-refractivity contribution < 1.29 is 0 Å². The zero-order valence-electron chi connectivity index (χ0n) is 11.2. The first-order valence-corrected chi connectivity index (χ1v) is 6.10. The van der Waals surface area contributed by atoms with Crippen LogP contribution in [-0.4, -0.2) is 9.78 Å². The third kappa shape index (κ3) is 2.02. The molecular formula is C15H17N3. The lowest BCUT2D eigenvalue weighted by Gasteiger charge is -2.13. The highest BCUT2D eigenvalue weighted by molar-refractivity contribution is 5.46. The second-order valence-electron chi connectivity index (χ2n) is 4.91. The molecule has 0 aliphatic heterocycles. The zero-order chi connectivity index (χ0) is 13.3. The van der Waals surface area contributed by atoms with Crippen molar-refractivity contribution in [3.8, 4) is 11.8 Å². The van der Waals surface area contributed by atoms with Crippen molar-refractivity contribution >= 4 is 0 Å². The van der Waals surface area contributed by atoms with E-state index in [-0.39, 0.29) is 5.92 Å². The second-order valence-corrected chi connectivity index (χ2v) is 4.91. The van der Waals surface area contributed by atoms with Crippen molar-refractivity contribution in [3.05, 3.63) is 46.8 Å². The average Bonchev–Trinajstić information content (AvgIpc) is 2.72. The lowest BCUT2D eigenvalue weighted by atomic mass is 10.1. The van der Waals surface area contributed by atoms with Gasteiger partial charge < -0.3 is 0 Å². The third-order valence-electron chi connectivity index (χ3n) is 3.05. The highest BCUT2D eigenvalue weighted by atomic mass is 15.3. The number of hydrogen-bond acceptors (Lipinski definition) is 2. The fraction of sp³-hybridized carbons (Fsp3) is 0.333. The topological polar surface area (TPSA) is 41.6 Å². The molecule has 1 aromatic carbocycles. The van der Waals surface area contributed by atoms with Crippen LogP contribution in [0.1, 0.15) is 42.1 Å². The van der Waals surface area contributed by atoms with Gasteiger partial charge in [0.25, 0.3) is 0 Å². The molecule has 0 saturated carbocycles. The molecule has 0 spiro atoms. The number of nitriles is 1. The van der Waals surface area contributed by atoms with Crippen molar-refractivity contribution in [2.24, 2.45) is 0 Å². The SMILES string of the molecule is Cc1ccc(-n2ncc(C#N)c2C(C)C)c(C)c1. The van der Waals surface area contributed by atoms with E-state index in [4.69, 9.17) is 5.26 Å². The Morgan fingerprint density at radius 3 is 2.56 bits per heavy atom.